The molecule has 1 rings (SSSR count). The second-order valence-electron chi connectivity index (χ2n) is 2.22. The molecule has 0 radical (unpaired) electrons. The number of hydrogen-bond acceptors (Lipinski definition) is 2. The van der Waals surface area contributed by atoms with Crippen LogP contribution < -0.4 is 4.35 Å². The van der Waals surface area contributed by atoms with Gasteiger partial charge in [0.25, 0.3) is 0 Å². The Labute approximate surface area is 93.3 Å². The number of rotatable bonds is 1. The monoisotopic (exact) mass is 338 g/mol. The Morgan fingerprint density at radius 2 is 2.25 bits per heavy atom. The zero-order valence-corrected chi connectivity index (χ0v) is 11.1. The van der Waals surface area contributed by atoms with Crippen molar-refractivity contribution in [2.24, 2.45) is 0 Å². The molecule has 0 aliphatic carbocycles. The molecule has 0 spiro atoms. The van der Waals surface area contributed by atoms with E-state index in [0.717, 1.165) is 7.92 Å². The van der Waals surface area contributed by atoms with Gasteiger partial charge in [0, 0.05) is 0 Å². The van der Waals surface area contributed by atoms with Crippen molar-refractivity contribution >= 4 is 49.8 Å². The van der Waals surface area contributed by atoms with E-state index in [9.17, 15) is 4.79 Å². The van der Waals surface area contributed by atoms with E-state index in [4.69, 9.17) is 0 Å². The Kier molecular flexibility index (Phi) is 3.59. The van der Waals surface area contributed by atoms with E-state index in [2.05, 4.69) is 27.3 Å². The Hall–Kier alpha value is -0.0216. The molecule has 0 saturated heterocycles. The summed E-state index contributed by atoms with van der Waals surface area (Å²) in [5.74, 6) is -0.257. The SMILES string of the molecule is COC(=O)c1cc(I)ccc1[AsH2]. The average molecular weight is 338 g/mol. The summed E-state index contributed by atoms with van der Waals surface area (Å²) in [6.45, 7) is 0. The van der Waals surface area contributed by atoms with Crippen LogP contribution in [-0.4, -0.2) is 29.9 Å². The summed E-state index contributed by atoms with van der Waals surface area (Å²) < 4.78 is 6.70. The fourth-order valence-corrected chi connectivity index (χ4v) is 1.93. The molecule has 0 heterocycles. The average Bonchev–Trinajstić information content (AvgIpc) is 2.08. The summed E-state index contributed by atoms with van der Waals surface area (Å²) in [6.07, 6.45) is 0. The van der Waals surface area contributed by atoms with E-state index < -0.39 is 0 Å². The molecular formula is C8H8AsIO2. The standard InChI is InChI=1S/C8H8AsIO2/c1-12-8(11)6-4-5(10)2-3-7(6)9/h2-4H,9H2,1H3. The number of halogens is 1. The Balaban J connectivity index is 3.13. The molecule has 1 atom stereocenters. The molecule has 0 saturated carbocycles. The molecule has 0 amide bonds. The van der Waals surface area contributed by atoms with Crippen LogP contribution in [-0.2, 0) is 4.74 Å². The van der Waals surface area contributed by atoms with Gasteiger partial charge in [-0.1, -0.05) is 0 Å². The summed E-state index contributed by atoms with van der Waals surface area (Å²) >= 11 is 3.60. The first kappa shape index (κ1) is 10.1. The van der Waals surface area contributed by atoms with Gasteiger partial charge in [-0.2, -0.15) is 0 Å². The summed E-state index contributed by atoms with van der Waals surface area (Å²) in [4.78, 5) is 11.2. The van der Waals surface area contributed by atoms with Gasteiger partial charge in [-0.15, -0.1) is 0 Å². The van der Waals surface area contributed by atoms with Crippen LogP contribution >= 0.6 is 22.6 Å². The third-order valence-electron chi connectivity index (χ3n) is 1.42. The van der Waals surface area contributed by atoms with Crippen molar-refractivity contribution < 1.29 is 9.53 Å². The molecule has 2 nitrogen and oxygen atoms in total. The molecule has 0 aliphatic heterocycles. The van der Waals surface area contributed by atoms with Crippen LogP contribution in [0.1, 0.15) is 10.4 Å². The van der Waals surface area contributed by atoms with Crippen molar-refractivity contribution in [3.63, 3.8) is 0 Å². The number of carbonyl (C=O) groups excluding carboxylic acids is 1. The molecule has 0 fully saturated rings. The first-order chi connectivity index (χ1) is 5.65. The number of benzene rings is 1. The molecule has 64 valence electrons. The third-order valence-corrected chi connectivity index (χ3v) is 3.15. The zero-order chi connectivity index (χ0) is 9.14. The van der Waals surface area contributed by atoms with Crippen LogP contribution in [0.25, 0.3) is 0 Å². The van der Waals surface area contributed by atoms with Gasteiger partial charge in [-0.25, -0.2) is 0 Å². The molecule has 4 heteroatoms. The van der Waals surface area contributed by atoms with E-state index in [1.807, 2.05) is 18.2 Å². The van der Waals surface area contributed by atoms with Crippen LogP contribution in [0, 0.1) is 3.57 Å². The molecule has 0 N–H and O–H groups in total. The Morgan fingerprint density at radius 3 is 2.83 bits per heavy atom. The van der Waals surface area contributed by atoms with E-state index in [0.29, 0.717) is 5.56 Å². The number of methoxy groups -OCH3 is 1. The third kappa shape index (κ3) is 2.23. The van der Waals surface area contributed by atoms with E-state index >= 15 is 0 Å². The summed E-state index contributed by atoms with van der Waals surface area (Å²) in [6, 6.07) is 5.75. The number of carbonyl (C=O) groups is 1. The quantitative estimate of drug-likeness (QED) is 0.419. The maximum atomic E-state index is 11.2. The van der Waals surface area contributed by atoms with Crippen molar-refractivity contribution in [2.45, 2.75) is 0 Å². The molecule has 1 aromatic rings. The van der Waals surface area contributed by atoms with Gasteiger partial charge < -0.3 is 0 Å². The molecule has 0 aliphatic rings. The predicted octanol–water partition coefficient (Wildman–Crippen LogP) is 0.336. The van der Waals surface area contributed by atoms with Crippen molar-refractivity contribution in [3.8, 4) is 0 Å². The Bertz CT molecular complexity index is 312. The number of hydrogen-bond donors (Lipinski definition) is 0. The topological polar surface area (TPSA) is 26.3 Å². The number of esters is 1. The van der Waals surface area contributed by atoms with E-state index in [1.54, 1.807) is 0 Å². The van der Waals surface area contributed by atoms with Gasteiger partial charge in [0.2, 0.25) is 0 Å². The van der Waals surface area contributed by atoms with Crippen LogP contribution in [0.3, 0.4) is 0 Å². The van der Waals surface area contributed by atoms with Crippen LogP contribution in [0.4, 0.5) is 0 Å². The van der Waals surface area contributed by atoms with Gasteiger partial charge in [0.05, 0.1) is 0 Å². The molecule has 1 aromatic carbocycles. The fourth-order valence-electron chi connectivity index (χ4n) is 0.815. The van der Waals surface area contributed by atoms with Gasteiger partial charge >= 0.3 is 93.7 Å². The van der Waals surface area contributed by atoms with E-state index in [1.165, 1.54) is 24.0 Å². The number of ether oxygens (including phenoxy) is 1. The van der Waals surface area contributed by atoms with Gasteiger partial charge in [-0.05, 0) is 0 Å². The van der Waals surface area contributed by atoms with Crippen LogP contribution in [0.2, 0.25) is 0 Å². The van der Waals surface area contributed by atoms with Gasteiger partial charge in [-0.3, -0.25) is 0 Å². The first-order valence-corrected chi connectivity index (χ1v) is 5.57. The zero-order valence-electron chi connectivity index (χ0n) is 6.50. The van der Waals surface area contributed by atoms with Crippen molar-refractivity contribution in [1.82, 2.24) is 0 Å². The minimum atomic E-state index is -0.257. The van der Waals surface area contributed by atoms with Gasteiger partial charge in [0.15, 0.2) is 0 Å². The molecule has 1 unspecified atom stereocenters. The van der Waals surface area contributed by atoms with Crippen LogP contribution in [0.5, 0.6) is 0 Å². The molecule has 0 bridgehead atoms. The first-order valence-electron chi connectivity index (χ1n) is 3.28. The molecule has 0 aromatic heterocycles. The van der Waals surface area contributed by atoms with E-state index in [-0.39, 0.29) is 5.97 Å². The van der Waals surface area contributed by atoms with Crippen molar-refractivity contribution in [3.05, 3.63) is 27.3 Å². The molecule has 12 heavy (non-hydrogen) atoms. The summed E-state index contributed by atoms with van der Waals surface area (Å²) in [5.41, 5.74) is 0.671. The maximum absolute atomic E-state index is 11.2. The van der Waals surface area contributed by atoms with Gasteiger partial charge in [0.1, 0.15) is 0 Å². The minimum absolute atomic E-state index is 0.257. The Morgan fingerprint density at radius 1 is 1.58 bits per heavy atom. The molecular weight excluding hydrogens is 330 g/mol. The van der Waals surface area contributed by atoms with Crippen LogP contribution in [0.15, 0.2) is 18.2 Å². The second-order valence-corrected chi connectivity index (χ2v) is 4.77. The summed E-state index contributed by atoms with van der Waals surface area (Å²) in [7, 11) is 1.40. The summed E-state index contributed by atoms with van der Waals surface area (Å²) in [5, 5.41) is 0. The second kappa shape index (κ2) is 4.28. The fraction of sp³-hybridized carbons (Fsp3) is 0.125. The van der Waals surface area contributed by atoms with Crippen molar-refractivity contribution in [2.75, 3.05) is 7.11 Å². The normalized spacial score (nSPS) is 9.58. The predicted molar refractivity (Wildman–Crippen MR) is 58.7 cm³/mol. The van der Waals surface area contributed by atoms with Crippen molar-refractivity contribution in [1.29, 1.82) is 0 Å².